The zero-order chi connectivity index (χ0) is 22.9. The van der Waals surface area contributed by atoms with Crippen LogP contribution in [0.3, 0.4) is 0 Å². The van der Waals surface area contributed by atoms with Gasteiger partial charge < -0.3 is 25.7 Å². The number of rotatable bonds is 4. The van der Waals surface area contributed by atoms with Crippen LogP contribution >= 0.6 is 0 Å². The van der Waals surface area contributed by atoms with Crippen LogP contribution in [-0.4, -0.2) is 51.1 Å². The van der Waals surface area contributed by atoms with E-state index in [9.17, 15) is 4.39 Å². The SMILES string of the molecule is CNc1c(F)cc(F)c2c1[nH]c1nc(Oc3cnc(C)nc3)nc(N3CC4C[C@H](N)C4C3)c12. The summed E-state index contributed by atoms with van der Waals surface area (Å²) in [5.74, 6) is 0.975. The summed E-state index contributed by atoms with van der Waals surface area (Å²) in [5, 5.41) is 3.53. The molecule has 1 saturated heterocycles. The molecule has 4 N–H and O–H groups in total. The first kappa shape index (κ1) is 20.0. The zero-order valence-corrected chi connectivity index (χ0v) is 18.1. The number of halogens is 2. The third-order valence-corrected chi connectivity index (χ3v) is 6.73. The average molecular weight is 452 g/mol. The normalized spacial score (nSPS) is 22.0. The Kier molecular flexibility index (Phi) is 4.37. The lowest BCUT2D eigenvalue weighted by Gasteiger charge is -2.36. The zero-order valence-electron chi connectivity index (χ0n) is 18.1. The molecule has 2 unspecified atom stereocenters. The monoisotopic (exact) mass is 452 g/mol. The third kappa shape index (κ3) is 3.06. The van der Waals surface area contributed by atoms with Crippen molar-refractivity contribution in [3.05, 3.63) is 35.9 Å². The van der Waals surface area contributed by atoms with Crippen LogP contribution in [0.5, 0.6) is 11.8 Å². The fourth-order valence-corrected chi connectivity index (χ4v) is 5.05. The van der Waals surface area contributed by atoms with Crippen molar-refractivity contribution in [1.82, 2.24) is 24.9 Å². The van der Waals surface area contributed by atoms with E-state index in [1.165, 1.54) is 12.4 Å². The van der Waals surface area contributed by atoms with Crippen molar-refractivity contribution in [2.75, 3.05) is 30.4 Å². The molecule has 0 radical (unpaired) electrons. The molecule has 0 spiro atoms. The summed E-state index contributed by atoms with van der Waals surface area (Å²) >= 11 is 0. The van der Waals surface area contributed by atoms with E-state index in [1.807, 2.05) is 0 Å². The summed E-state index contributed by atoms with van der Waals surface area (Å²) in [4.78, 5) is 22.5. The Hall–Kier alpha value is -3.60. The fourth-order valence-electron chi connectivity index (χ4n) is 5.05. The molecule has 2 aliphatic rings. The molecule has 0 amide bonds. The minimum atomic E-state index is -0.693. The number of H-pyrrole nitrogens is 1. The number of anilines is 2. The lowest BCUT2D eigenvalue weighted by atomic mass is 9.72. The van der Waals surface area contributed by atoms with Gasteiger partial charge in [0.2, 0.25) is 0 Å². The molecule has 11 heteroatoms. The molecule has 170 valence electrons. The van der Waals surface area contributed by atoms with Crippen LogP contribution in [0.4, 0.5) is 20.3 Å². The van der Waals surface area contributed by atoms with E-state index < -0.39 is 11.6 Å². The van der Waals surface area contributed by atoms with Crippen molar-refractivity contribution < 1.29 is 13.5 Å². The second-order valence-corrected chi connectivity index (χ2v) is 8.69. The summed E-state index contributed by atoms with van der Waals surface area (Å²) in [6, 6.07) is 1.09. The highest BCUT2D eigenvalue weighted by Gasteiger charge is 2.46. The Morgan fingerprint density at radius 3 is 2.64 bits per heavy atom. The van der Waals surface area contributed by atoms with Crippen molar-refractivity contribution in [3.8, 4) is 11.8 Å². The Morgan fingerprint density at radius 1 is 1.15 bits per heavy atom. The number of benzene rings is 1. The van der Waals surface area contributed by atoms with Crippen LogP contribution in [0.15, 0.2) is 18.5 Å². The number of aromatic amines is 1. The highest BCUT2D eigenvalue weighted by Crippen LogP contribution is 2.45. The molecule has 1 aromatic carbocycles. The second kappa shape index (κ2) is 7.20. The second-order valence-electron chi connectivity index (χ2n) is 8.69. The van der Waals surface area contributed by atoms with Crippen LogP contribution in [0.25, 0.3) is 21.9 Å². The van der Waals surface area contributed by atoms with E-state index in [4.69, 9.17) is 10.5 Å². The summed E-state index contributed by atoms with van der Waals surface area (Å²) < 4.78 is 35.4. The van der Waals surface area contributed by atoms with Crippen molar-refractivity contribution in [2.24, 2.45) is 17.6 Å². The first-order chi connectivity index (χ1) is 15.9. The van der Waals surface area contributed by atoms with Crippen LogP contribution < -0.4 is 20.7 Å². The lowest BCUT2D eigenvalue weighted by Crippen LogP contribution is -2.46. The Balaban J connectivity index is 1.56. The predicted octanol–water partition coefficient (Wildman–Crippen LogP) is 3.11. The highest BCUT2D eigenvalue weighted by atomic mass is 19.1. The van der Waals surface area contributed by atoms with Gasteiger partial charge in [-0.1, -0.05) is 0 Å². The van der Waals surface area contributed by atoms with Crippen molar-refractivity contribution in [3.63, 3.8) is 0 Å². The van der Waals surface area contributed by atoms with E-state index in [1.54, 1.807) is 14.0 Å². The van der Waals surface area contributed by atoms with Gasteiger partial charge in [0.1, 0.15) is 23.1 Å². The first-order valence-corrected chi connectivity index (χ1v) is 10.8. The van der Waals surface area contributed by atoms with Crippen molar-refractivity contribution in [2.45, 2.75) is 19.4 Å². The maximum Gasteiger partial charge on any atom is 0.326 e. The molecule has 0 bridgehead atoms. The van der Waals surface area contributed by atoms with Crippen LogP contribution in [-0.2, 0) is 0 Å². The molecule has 3 atom stereocenters. The summed E-state index contributed by atoms with van der Waals surface area (Å²) in [6.07, 6.45) is 4.02. The molecule has 33 heavy (non-hydrogen) atoms. The fraction of sp³-hybridized carbons (Fsp3) is 0.364. The van der Waals surface area contributed by atoms with E-state index in [-0.39, 0.29) is 28.6 Å². The minimum absolute atomic E-state index is 0.0620. The number of aryl methyl sites for hydroxylation is 1. The summed E-state index contributed by atoms with van der Waals surface area (Å²) in [5.41, 5.74) is 6.99. The Bertz CT molecular complexity index is 1390. The van der Waals surface area contributed by atoms with Gasteiger partial charge in [0.25, 0.3) is 0 Å². The van der Waals surface area contributed by atoms with E-state index in [2.05, 4.69) is 35.1 Å². The number of hydrogen-bond acceptors (Lipinski definition) is 8. The number of nitrogens with two attached hydrogens (primary N) is 1. The number of fused-ring (bicyclic) bond motifs is 4. The van der Waals surface area contributed by atoms with Gasteiger partial charge in [-0.15, -0.1) is 0 Å². The van der Waals surface area contributed by atoms with Gasteiger partial charge in [0.15, 0.2) is 11.6 Å². The van der Waals surface area contributed by atoms with Crippen LogP contribution in [0.2, 0.25) is 0 Å². The van der Waals surface area contributed by atoms with Crippen LogP contribution in [0.1, 0.15) is 12.2 Å². The van der Waals surface area contributed by atoms with Gasteiger partial charge in [-0.05, 0) is 25.2 Å². The van der Waals surface area contributed by atoms with Gasteiger partial charge in [-0.25, -0.2) is 18.7 Å². The van der Waals surface area contributed by atoms with Gasteiger partial charge in [-0.3, -0.25) is 0 Å². The highest BCUT2D eigenvalue weighted by molar-refractivity contribution is 6.15. The molecule has 1 aliphatic carbocycles. The maximum absolute atomic E-state index is 15.1. The lowest BCUT2D eigenvalue weighted by molar-refractivity contribution is 0.194. The smallest absolute Gasteiger partial charge is 0.326 e. The molecular weight excluding hydrogens is 430 g/mol. The minimum Gasteiger partial charge on any atom is -0.421 e. The molecule has 3 aromatic heterocycles. The molecule has 9 nitrogen and oxygen atoms in total. The topological polar surface area (TPSA) is 118 Å². The van der Waals surface area contributed by atoms with Crippen LogP contribution in [0, 0.1) is 30.4 Å². The van der Waals surface area contributed by atoms with Gasteiger partial charge in [-0.2, -0.15) is 9.97 Å². The number of aromatic nitrogens is 5. The van der Waals surface area contributed by atoms with Crippen molar-refractivity contribution >= 4 is 33.4 Å². The number of ether oxygens (including phenoxy) is 1. The number of nitrogens with zero attached hydrogens (tertiary/aromatic N) is 5. The Labute approximate surface area is 187 Å². The predicted molar refractivity (Wildman–Crippen MR) is 119 cm³/mol. The van der Waals surface area contributed by atoms with Gasteiger partial charge in [0, 0.05) is 32.2 Å². The Morgan fingerprint density at radius 2 is 1.94 bits per heavy atom. The molecule has 6 rings (SSSR count). The van der Waals surface area contributed by atoms with Gasteiger partial charge in [0.05, 0.1) is 34.4 Å². The number of nitrogens with one attached hydrogen (secondary N) is 2. The average Bonchev–Trinajstić information content (AvgIpc) is 3.33. The maximum atomic E-state index is 15.1. The molecule has 1 saturated carbocycles. The molecule has 2 fully saturated rings. The number of hydrogen-bond donors (Lipinski definition) is 3. The molecule has 4 aromatic rings. The molecule has 4 heterocycles. The molecule has 1 aliphatic heterocycles. The quantitative estimate of drug-likeness (QED) is 0.432. The summed E-state index contributed by atoms with van der Waals surface area (Å²) in [7, 11) is 1.58. The summed E-state index contributed by atoms with van der Waals surface area (Å²) in [6.45, 7) is 3.24. The molecular formula is C22H22F2N8O. The third-order valence-electron chi connectivity index (χ3n) is 6.73. The van der Waals surface area contributed by atoms with Gasteiger partial charge >= 0.3 is 6.01 Å². The van der Waals surface area contributed by atoms with Crippen molar-refractivity contribution in [1.29, 1.82) is 0 Å². The van der Waals surface area contributed by atoms with E-state index in [0.717, 1.165) is 19.0 Å². The van der Waals surface area contributed by atoms with E-state index >= 15 is 4.39 Å². The first-order valence-electron chi connectivity index (χ1n) is 10.8. The largest absolute Gasteiger partial charge is 0.421 e. The van der Waals surface area contributed by atoms with E-state index in [0.29, 0.717) is 46.8 Å². The standard InChI is InChI=1S/C22H22F2N8O/c1-9-27-5-11(6-28-9)33-22-30-20-17(16-13(23)4-14(24)18(26-2)19(16)29-20)21(31-22)32-7-10-3-15(25)12(10)8-32/h4-6,10,12,15,26H,3,7-8,25H2,1-2H3,(H,29,30,31)/t10?,12?,15-/m0/s1.